The van der Waals surface area contributed by atoms with Gasteiger partial charge in [0.25, 0.3) is 10.0 Å². The lowest BCUT2D eigenvalue weighted by Gasteiger charge is -2.48. The van der Waals surface area contributed by atoms with E-state index >= 15 is 0 Å². The number of sulfonamides is 1. The summed E-state index contributed by atoms with van der Waals surface area (Å²) in [5.41, 5.74) is 0.617. The predicted octanol–water partition coefficient (Wildman–Crippen LogP) is 1.35. The van der Waals surface area contributed by atoms with Crippen LogP contribution in [0.25, 0.3) is 0 Å². The normalized spacial score (nSPS) is 18.5. The van der Waals surface area contributed by atoms with E-state index in [1.165, 1.54) is 15.6 Å². The van der Waals surface area contributed by atoms with E-state index in [9.17, 15) is 8.42 Å². The van der Waals surface area contributed by atoms with Gasteiger partial charge in [0, 0.05) is 19.1 Å². The third-order valence-electron chi connectivity index (χ3n) is 4.23. The minimum absolute atomic E-state index is 0.0289. The Bertz CT molecular complexity index is 562. The van der Waals surface area contributed by atoms with Crippen LogP contribution in [0.1, 0.15) is 24.8 Å². The third-order valence-corrected chi connectivity index (χ3v) is 7.49. The zero-order valence-electron chi connectivity index (χ0n) is 12.2. The summed E-state index contributed by atoms with van der Waals surface area (Å²) in [6, 6.07) is 1.56. The summed E-state index contributed by atoms with van der Waals surface area (Å²) in [5, 5.41) is 10.7. The highest BCUT2D eigenvalue weighted by Gasteiger charge is 2.42. The molecule has 0 aliphatic heterocycles. The molecule has 1 saturated carbocycles. The molecule has 0 radical (unpaired) electrons. The van der Waals surface area contributed by atoms with Crippen molar-refractivity contribution >= 4 is 21.4 Å². The maximum absolute atomic E-state index is 12.5. The highest BCUT2D eigenvalue weighted by molar-refractivity contribution is 7.91. The molecule has 1 aromatic heterocycles. The van der Waals surface area contributed by atoms with Gasteiger partial charge in [0.1, 0.15) is 4.21 Å². The molecule has 5 nitrogen and oxygen atoms in total. The van der Waals surface area contributed by atoms with Crippen molar-refractivity contribution in [3.8, 4) is 0 Å². The first-order valence-corrected chi connectivity index (χ1v) is 8.96. The van der Waals surface area contributed by atoms with Gasteiger partial charge >= 0.3 is 0 Å². The molecule has 0 bridgehead atoms. The van der Waals surface area contributed by atoms with E-state index in [4.69, 9.17) is 5.11 Å². The Morgan fingerprint density at radius 2 is 2.00 bits per heavy atom. The Balaban J connectivity index is 2.17. The summed E-state index contributed by atoms with van der Waals surface area (Å²) in [6.45, 7) is 0.381. The largest absolute Gasteiger partial charge is 0.392 e. The van der Waals surface area contributed by atoms with Gasteiger partial charge in [0.2, 0.25) is 0 Å². The fourth-order valence-corrected chi connectivity index (χ4v) is 5.22. The summed E-state index contributed by atoms with van der Waals surface area (Å²) in [4.78, 5) is 2.14. The topological polar surface area (TPSA) is 60.9 Å². The first-order chi connectivity index (χ1) is 9.32. The SMILES string of the molecule is CN(C)C1(CN(C)S(=O)(=O)c2cc(CO)cs2)CCC1. The monoisotopic (exact) mass is 318 g/mol. The quantitative estimate of drug-likeness (QED) is 0.860. The molecule has 1 aliphatic rings. The average molecular weight is 318 g/mol. The number of rotatable bonds is 6. The molecule has 1 aliphatic carbocycles. The molecule has 0 atom stereocenters. The van der Waals surface area contributed by atoms with Crippen LogP contribution in [-0.2, 0) is 16.6 Å². The maximum atomic E-state index is 12.5. The number of nitrogens with zero attached hydrogens (tertiary/aromatic N) is 2. The van der Waals surface area contributed by atoms with Crippen LogP contribution in [0.5, 0.6) is 0 Å². The van der Waals surface area contributed by atoms with Crippen molar-refractivity contribution in [2.24, 2.45) is 0 Å². The zero-order chi connectivity index (χ0) is 15.0. The van der Waals surface area contributed by atoms with E-state index in [1.807, 2.05) is 14.1 Å². The Hall–Kier alpha value is -0.470. The fourth-order valence-electron chi connectivity index (χ4n) is 2.56. The Morgan fingerprint density at radius 1 is 1.35 bits per heavy atom. The third kappa shape index (κ3) is 2.78. The summed E-state index contributed by atoms with van der Waals surface area (Å²) in [6.07, 6.45) is 3.22. The number of likely N-dealkylation sites (N-methyl/N-ethyl adjacent to an activating group) is 2. The maximum Gasteiger partial charge on any atom is 0.252 e. The van der Waals surface area contributed by atoms with E-state index < -0.39 is 10.0 Å². The zero-order valence-corrected chi connectivity index (χ0v) is 13.8. The first-order valence-electron chi connectivity index (χ1n) is 6.64. The van der Waals surface area contributed by atoms with Crippen LogP contribution in [0.4, 0.5) is 0 Å². The molecule has 0 unspecified atom stereocenters. The number of hydrogen-bond acceptors (Lipinski definition) is 5. The van der Waals surface area contributed by atoms with Crippen molar-refractivity contribution in [1.29, 1.82) is 0 Å². The van der Waals surface area contributed by atoms with Gasteiger partial charge in [0.05, 0.1) is 6.61 Å². The van der Waals surface area contributed by atoms with Gasteiger partial charge in [-0.05, 0) is 50.4 Å². The molecule has 7 heteroatoms. The van der Waals surface area contributed by atoms with Gasteiger partial charge in [-0.25, -0.2) is 8.42 Å². The lowest BCUT2D eigenvalue weighted by molar-refractivity contribution is 0.0455. The molecule has 114 valence electrons. The summed E-state index contributed by atoms with van der Waals surface area (Å²) in [5.74, 6) is 0. The molecule has 20 heavy (non-hydrogen) atoms. The Labute approximate surface area is 124 Å². The second-order valence-corrected chi connectivity index (χ2v) is 8.85. The van der Waals surface area contributed by atoms with Crippen LogP contribution in [0.2, 0.25) is 0 Å². The minimum Gasteiger partial charge on any atom is -0.392 e. The van der Waals surface area contributed by atoms with Crippen molar-refractivity contribution in [3.63, 3.8) is 0 Å². The second kappa shape index (κ2) is 5.73. The van der Waals surface area contributed by atoms with E-state index in [0.29, 0.717) is 16.3 Å². The number of hydrogen-bond donors (Lipinski definition) is 1. The lowest BCUT2D eigenvalue weighted by atomic mass is 9.75. The number of aliphatic hydroxyl groups excluding tert-OH is 1. The molecule has 1 heterocycles. The summed E-state index contributed by atoms with van der Waals surface area (Å²) < 4.78 is 26.8. The van der Waals surface area contributed by atoms with Crippen molar-refractivity contribution in [3.05, 3.63) is 17.0 Å². The highest BCUT2D eigenvalue weighted by atomic mass is 32.2. The molecule has 1 N–H and O–H groups in total. The van der Waals surface area contributed by atoms with Crippen molar-refractivity contribution in [2.75, 3.05) is 27.7 Å². The van der Waals surface area contributed by atoms with Crippen LogP contribution in [0, 0.1) is 0 Å². The standard InChI is InChI=1S/C13H22N2O3S2/c1-14(2)13(5-4-6-13)10-15(3)20(17,18)12-7-11(8-16)9-19-12/h7,9,16H,4-6,8,10H2,1-3H3. The van der Waals surface area contributed by atoms with E-state index in [2.05, 4.69) is 4.90 Å². The van der Waals surface area contributed by atoms with Crippen molar-refractivity contribution in [2.45, 2.75) is 35.6 Å². The first kappa shape index (κ1) is 15.9. The van der Waals surface area contributed by atoms with Gasteiger partial charge in [-0.1, -0.05) is 0 Å². The van der Waals surface area contributed by atoms with Crippen LogP contribution < -0.4 is 0 Å². The summed E-state index contributed by atoms with van der Waals surface area (Å²) >= 11 is 1.17. The van der Waals surface area contributed by atoms with Gasteiger partial charge in [0.15, 0.2) is 0 Å². The van der Waals surface area contributed by atoms with Gasteiger partial charge in [-0.15, -0.1) is 11.3 Å². The molecule has 2 rings (SSSR count). The second-order valence-electron chi connectivity index (χ2n) is 5.67. The van der Waals surface area contributed by atoms with E-state index in [1.54, 1.807) is 18.5 Å². The molecular weight excluding hydrogens is 296 g/mol. The Morgan fingerprint density at radius 3 is 2.40 bits per heavy atom. The molecule has 1 aromatic rings. The van der Waals surface area contributed by atoms with E-state index in [0.717, 1.165) is 19.3 Å². The number of thiophene rings is 1. The highest BCUT2D eigenvalue weighted by Crippen LogP contribution is 2.37. The lowest BCUT2D eigenvalue weighted by Crippen LogP contribution is -2.57. The predicted molar refractivity (Wildman–Crippen MR) is 80.3 cm³/mol. The molecule has 0 aromatic carbocycles. The fraction of sp³-hybridized carbons (Fsp3) is 0.692. The molecule has 0 amide bonds. The van der Waals surface area contributed by atoms with Crippen molar-refractivity contribution < 1.29 is 13.5 Å². The average Bonchev–Trinajstić information content (AvgIpc) is 2.82. The van der Waals surface area contributed by atoms with Crippen LogP contribution in [-0.4, -0.2) is 56.0 Å². The van der Waals surface area contributed by atoms with E-state index in [-0.39, 0.29) is 12.1 Å². The molecule has 0 saturated heterocycles. The summed E-state index contributed by atoms with van der Waals surface area (Å²) in [7, 11) is 2.20. The van der Waals surface area contributed by atoms with Crippen LogP contribution >= 0.6 is 11.3 Å². The van der Waals surface area contributed by atoms with Crippen LogP contribution in [0.3, 0.4) is 0 Å². The number of aliphatic hydroxyl groups is 1. The molecular formula is C13H22N2O3S2. The van der Waals surface area contributed by atoms with Crippen LogP contribution in [0.15, 0.2) is 15.7 Å². The van der Waals surface area contributed by atoms with Crippen molar-refractivity contribution in [1.82, 2.24) is 9.21 Å². The molecule has 0 spiro atoms. The van der Waals surface area contributed by atoms with Gasteiger partial charge < -0.3 is 10.0 Å². The van der Waals surface area contributed by atoms with Gasteiger partial charge in [-0.3, -0.25) is 0 Å². The minimum atomic E-state index is -3.46. The smallest absolute Gasteiger partial charge is 0.252 e. The van der Waals surface area contributed by atoms with Gasteiger partial charge in [-0.2, -0.15) is 4.31 Å². The molecule has 1 fully saturated rings. The Kier molecular flexibility index (Phi) is 4.56.